The summed E-state index contributed by atoms with van der Waals surface area (Å²) in [5, 5.41) is 1.00. The van der Waals surface area contributed by atoms with Crippen molar-refractivity contribution in [2.75, 3.05) is 5.73 Å². The molecular formula is C14H10Br2N2S. The number of hydrogen-bond acceptors (Lipinski definition) is 3. The van der Waals surface area contributed by atoms with Crippen molar-refractivity contribution in [3.05, 3.63) is 44.8 Å². The molecule has 0 saturated carbocycles. The fourth-order valence-corrected chi connectivity index (χ4v) is 4.10. The number of nitrogens with zero attached hydrogens (tertiary/aromatic N) is 1. The second-order valence-electron chi connectivity index (χ2n) is 4.34. The van der Waals surface area contributed by atoms with Gasteiger partial charge in [0.15, 0.2) is 0 Å². The lowest BCUT2D eigenvalue weighted by atomic mass is 10.2. The van der Waals surface area contributed by atoms with E-state index in [4.69, 9.17) is 5.73 Å². The first kappa shape index (κ1) is 13.1. The van der Waals surface area contributed by atoms with Gasteiger partial charge in [0.2, 0.25) is 0 Å². The standard InChI is InChI=1S/C14H10Br2N2S/c1-7-2-3-11-12(4-7)19-14(18-11)8-5-9(15)13(17)10(16)6-8/h2-6H,17H2,1H3. The molecule has 0 radical (unpaired) electrons. The molecule has 0 spiro atoms. The molecule has 3 aromatic rings. The lowest BCUT2D eigenvalue weighted by Gasteiger charge is -2.04. The van der Waals surface area contributed by atoms with Crippen LogP contribution in [0.5, 0.6) is 0 Å². The summed E-state index contributed by atoms with van der Waals surface area (Å²) in [6, 6.07) is 10.3. The van der Waals surface area contributed by atoms with Gasteiger partial charge in [0.25, 0.3) is 0 Å². The first-order valence-corrected chi connectivity index (χ1v) is 8.07. The fourth-order valence-electron chi connectivity index (χ4n) is 1.86. The second kappa shape index (κ2) is 4.89. The number of aryl methyl sites for hydroxylation is 1. The summed E-state index contributed by atoms with van der Waals surface area (Å²) >= 11 is 8.64. The van der Waals surface area contributed by atoms with E-state index >= 15 is 0 Å². The number of benzene rings is 2. The average Bonchev–Trinajstić information content (AvgIpc) is 2.78. The van der Waals surface area contributed by atoms with E-state index in [-0.39, 0.29) is 0 Å². The van der Waals surface area contributed by atoms with Gasteiger partial charge in [0.05, 0.1) is 15.9 Å². The Labute approximate surface area is 131 Å². The van der Waals surface area contributed by atoms with Gasteiger partial charge in [-0.3, -0.25) is 0 Å². The zero-order valence-electron chi connectivity index (χ0n) is 10.1. The van der Waals surface area contributed by atoms with E-state index in [9.17, 15) is 0 Å². The monoisotopic (exact) mass is 396 g/mol. The maximum Gasteiger partial charge on any atom is 0.124 e. The third-order valence-electron chi connectivity index (χ3n) is 2.87. The molecule has 96 valence electrons. The van der Waals surface area contributed by atoms with Gasteiger partial charge in [-0.25, -0.2) is 4.98 Å². The van der Waals surface area contributed by atoms with E-state index in [1.54, 1.807) is 11.3 Å². The lowest BCUT2D eigenvalue weighted by Crippen LogP contribution is -1.89. The van der Waals surface area contributed by atoms with Crippen molar-refractivity contribution in [1.29, 1.82) is 0 Å². The summed E-state index contributed by atoms with van der Waals surface area (Å²) in [7, 11) is 0. The molecule has 0 saturated heterocycles. The van der Waals surface area contributed by atoms with Gasteiger partial charge in [-0.1, -0.05) is 6.07 Å². The Hall–Kier alpha value is -0.910. The van der Waals surface area contributed by atoms with Crippen molar-refractivity contribution in [1.82, 2.24) is 4.98 Å². The van der Waals surface area contributed by atoms with Crippen LogP contribution < -0.4 is 5.73 Å². The lowest BCUT2D eigenvalue weighted by molar-refractivity contribution is 1.44. The van der Waals surface area contributed by atoms with Crippen LogP contribution >= 0.6 is 43.2 Å². The van der Waals surface area contributed by atoms with Gasteiger partial charge in [0.1, 0.15) is 5.01 Å². The Morgan fingerprint density at radius 1 is 1.11 bits per heavy atom. The van der Waals surface area contributed by atoms with E-state index in [2.05, 4.69) is 62.0 Å². The summed E-state index contributed by atoms with van der Waals surface area (Å²) in [6.45, 7) is 2.09. The smallest absolute Gasteiger partial charge is 0.124 e. The molecule has 1 heterocycles. The molecule has 19 heavy (non-hydrogen) atoms. The van der Waals surface area contributed by atoms with Gasteiger partial charge in [-0.15, -0.1) is 11.3 Å². The van der Waals surface area contributed by atoms with E-state index in [0.29, 0.717) is 5.69 Å². The van der Waals surface area contributed by atoms with Crippen LogP contribution in [0.3, 0.4) is 0 Å². The first-order valence-electron chi connectivity index (χ1n) is 5.66. The number of rotatable bonds is 1. The summed E-state index contributed by atoms with van der Waals surface area (Å²) < 4.78 is 2.97. The van der Waals surface area contributed by atoms with Crippen LogP contribution in [-0.4, -0.2) is 4.98 Å². The summed E-state index contributed by atoms with van der Waals surface area (Å²) in [5.74, 6) is 0. The highest BCUT2D eigenvalue weighted by Crippen LogP contribution is 2.37. The van der Waals surface area contributed by atoms with Gasteiger partial charge in [-0.05, 0) is 68.6 Å². The molecule has 0 amide bonds. The van der Waals surface area contributed by atoms with E-state index in [1.807, 2.05) is 12.1 Å². The number of fused-ring (bicyclic) bond motifs is 1. The largest absolute Gasteiger partial charge is 0.397 e. The predicted molar refractivity (Wildman–Crippen MR) is 89.6 cm³/mol. The maximum atomic E-state index is 5.91. The summed E-state index contributed by atoms with van der Waals surface area (Å²) in [4.78, 5) is 4.67. The number of halogens is 2. The molecule has 2 N–H and O–H groups in total. The summed E-state index contributed by atoms with van der Waals surface area (Å²) in [5.41, 5.74) is 9.97. The summed E-state index contributed by atoms with van der Waals surface area (Å²) in [6.07, 6.45) is 0. The van der Waals surface area contributed by atoms with Crippen molar-refractivity contribution in [2.45, 2.75) is 6.92 Å². The molecule has 5 heteroatoms. The molecule has 0 bridgehead atoms. The van der Waals surface area contributed by atoms with Gasteiger partial charge < -0.3 is 5.73 Å². The molecular weight excluding hydrogens is 388 g/mol. The van der Waals surface area contributed by atoms with Crippen molar-refractivity contribution in [3.63, 3.8) is 0 Å². The number of hydrogen-bond donors (Lipinski definition) is 1. The normalized spacial score (nSPS) is 11.1. The molecule has 2 nitrogen and oxygen atoms in total. The number of nitrogen functional groups attached to an aromatic ring is 1. The Bertz CT molecular complexity index is 757. The minimum atomic E-state index is 0.709. The van der Waals surface area contributed by atoms with Crippen molar-refractivity contribution >= 4 is 59.1 Å². The van der Waals surface area contributed by atoms with Crippen LogP contribution in [0, 0.1) is 6.92 Å². The van der Waals surface area contributed by atoms with E-state index in [1.165, 1.54) is 10.3 Å². The number of thiazole rings is 1. The van der Waals surface area contributed by atoms with Gasteiger partial charge in [-0.2, -0.15) is 0 Å². The van der Waals surface area contributed by atoms with E-state index < -0.39 is 0 Å². The van der Waals surface area contributed by atoms with Crippen molar-refractivity contribution in [3.8, 4) is 10.6 Å². The third kappa shape index (κ3) is 2.42. The SMILES string of the molecule is Cc1ccc2nc(-c3cc(Br)c(N)c(Br)c3)sc2c1. The Kier molecular flexibility index (Phi) is 3.37. The van der Waals surface area contributed by atoms with Crippen LogP contribution in [0.25, 0.3) is 20.8 Å². The zero-order chi connectivity index (χ0) is 13.6. The van der Waals surface area contributed by atoms with Crippen LogP contribution in [0.1, 0.15) is 5.56 Å². The molecule has 0 aliphatic rings. The molecule has 1 aromatic heterocycles. The molecule has 0 aliphatic heterocycles. The predicted octanol–water partition coefficient (Wildman–Crippen LogP) is 5.38. The Morgan fingerprint density at radius 2 is 1.79 bits per heavy atom. The minimum Gasteiger partial charge on any atom is -0.397 e. The Balaban J connectivity index is 2.19. The fraction of sp³-hybridized carbons (Fsp3) is 0.0714. The van der Waals surface area contributed by atoms with Gasteiger partial charge >= 0.3 is 0 Å². The zero-order valence-corrected chi connectivity index (χ0v) is 14.1. The van der Waals surface area contributed by atoms with Crippen LogP contribution in [0.4, 0.5) is 5.69 Å². The highest BCUT2D eigenvalue weighted by molar-refractivity contribution is 9.11. The molecule has 0 fully saturated rings. The molecule has 2 aromatic carbocycles. The highest BCUT2D eigenvalue weighted by atomic mass is 79.9. The first-order chi connectivity index (χ1) is 9.04. The van der Waals surface area contributed by atoms with Crippen LogP contribution in [0.2, 0.25) is 0 Å². The maximum absolute atomic E-state index is 5.91. The van der Waals surface area contributed by atoms with Gasteiger partial charge in [0, 0.05) is 14.5 Å². The number of aromatic nitrogens is 1. The van der Waals surface area contributed by atoms with Crippen molar-refractivity contribution < 1.29 is 0 Å². The van der Waals surface area contributed by atoms with Crippen LogP contribution in [0.15, 0.2) is 39.3 Å². The average molecular weight is 398 g/mol. The van der Waals surface area contributed by atoms with Crippen molar-refractivity contribution in [2.24, 2.45) is 0 Å². The number of nitrogens with two attached hydrogens (primary N) is 1. The topological polar surface area (TPSA) is 38.9 Å². The quantitative estimate of drug-likeness (QED) is 0.560. The third-order valence-corrected chi connectivity index (χ3v) is 5.25. The molecule has 3 rings (SSSR count). The number of anilines is 1. The molecule has 0 atom stereocenters. The highest BCUT2D eigenvalue weighted by Gasteiger charge is 2.10. The Morgan fingerprint density at radius 3 is 2.47 bits per heavy atom. The minimum absolute atomic E-state index is 0.709. The van der Waals surface area contributed by atoms with Crippen LogP contribution in [-0.2, 0) is 0 Å². The molecule has 0 unspecified atom stereocenters. The van der Waals surface area contributed by atoms with E-state index in [0.717, 1.165) is 25.0 Å². The molecule has 0 aliphatic carbocycles. The second-order valence-corrected chi connectivity index (χ2v) is 7.08.